The molecule has 1 amide bonds. The van der Waals surface area contributed by atoms with Gasteiger partial charge in [0.1, 0.15) is 11.6 Å². The van der Waals surface area contributed by atoms with E-state index in [1.54, 1.807) is 23.1 Å². The van der Waals surface area contributed by atoms with Gasteiger partial charge in [-0.3, -0.25) is 9.69 Å². The lowest BCUT2D eigenvalue weighted by atomic mass is 10.1. The lowest BCUT2D eigenvalue weighted by Crippen LogP contribution is -2.47. The van der Waals surface area contributed by atoms with Crippen LogP contribution in [0.25, 0.3) is 6.08 Å². The number of nitrogens with zero attached hydrogens (tertiary/aromatic N) is 3. The largest absolute Gasteiger partial charge is 0.361 e. The Morgan fingerprint density at radius 3 is 2.60 bits per heavy atom. The number of amides is 1. The van der Waals surface area contributed by atoms with Crippen molar-refractivity contribution in [2.45, 2.75) is 20.4 Å². The molecule has 0 aliphatic carbocycles. The zero-order chi connectivity index (χ0) is 17.8. The molecule has 1 saturated heterocycles. The summed E-state index contributed by atoms with van der Waals surface area (Å²) < 4.78 is 18.8. The molecule has 1 aromatic heterocycles. The summed E-state index contributed by atoms with van der Waals surface area (Å²) in [5.74, 6) is 0.444. The van der Waals surface area contributed by atoms with E-state index in [-0.39, 0.29) is 11.7 Å². The number of rotatable bonds is 4. The summed E-state index contributed by atoms with van der Waals surface area (Å²) in [5.41, 5.74) is 2.47. The van der Waals surface area contributed by atoms with Gasteiger partial charge in [-0.15, -0.1) is 0 Å². The Morgan fingerprint density at radius 2 is 1.96 bits per heavy atom. The number of carbonyl (C=O) groups excluding carboxylic acids is 1. The molecular weight excluding hydrogens is 321 g/mol. The molecule has 0 saturated carbocycles. The van der Waals surface area contributed by atoms with Crippen LogP contribution in [0.15, 0.2) is 34.9 Å². The van der Waals surface area contributed by atoms with Crippen molar-refractivity contribution in [3.63, 3.8) is 0 Å². The highest BCUT2D eigenvalue weighted by atomic mass is 19.1. The summed E-state index contributed by atoms with van der Waals surface area (Å²) in [7, 11) is 0. The van der Waals surface area contributed by atoms with Crippen LogP contribution in [-0.4, -0.2) is 47.0 Å². The molecule has 0 unspecified atom stereocenters. The quantitative estimate of drug-likeness (QED) is 0.801. The molecule has 1 aromatic carbocycles. The summed E-state index contributed by atoms with van der Waals surface area (Å²) in [6, 6.07) is 6.42. The fraction of sp³-hybridized carbons (Fsp3) is 0.368. The molecule has 0 atom stereocenters. The SMILES string of the molecule is Cc1noc(C)c1CN1CCN(C(=O)C=Cc2ccccc2F)CC1. The van der Waals surface area contributed by atoms with Crippen LogP contribution in [0.4, 0.5) is 4.39 Å². The maximum Gasteiger partial charge on any atom is 0.246 e. The smallest absolute Gasteiger partial charge is 0.246 e. The standard InChI is InChI=1S/C19H22FN3O2/c1-14-17(15(2)25-21-14)13-22-9-11-23(12-10-22)19(24)8-7-16-5-3-4-6-18(16)20/h3-8H,9-13H2,1-2H3. The number of hydrogen-bond donors (Lipinski definition) is 0. The van der Waals surface area contributed by atoms with E-state index >= 15 is 0 Å². The first-order valence-electron chi connectivity index (χ1n) is 8.40. The van der Waals surface area contributed by atoms with E-state index in [1.807, 2.05) is 13.8 Å². The van der Waals surface area contributed by atoms with Crippen LogP contribution in [0.2, 0.25) is 0 Å². The van der Waals surface area contributed by atoms with Crippen molar-refractivity contribution in [3.05, 3.63) is 58.7 Å². The van der Waals surface area contributed by atoms with Crippen LogP contribution >= 0.6 is 0 Å². The monoisotopic (exact) mass is 343 g/mol. The van der Waals surface area contributed by atoms with E-state index in [4.69, 9.17) is 4.52 Å². The Balaban J connectivity index is 1.53. The second-order valence-corrected chi connectivity index (χ2v) is 6.26. The van der Waals surface area contributed by atoms with Gasteiger partial charge in [-0.2, -0.15) is 0 Å². The third-order valence-electron chi connectivity index (χ3n) is 4.56. The molecule has 25 heavy (non-hydrogen) atoms. The third kappa shape index (κ3) is 4.14. The van der Waals surface area contributed by atoms with Gasteiger partial charge >= 0.3 is 0 Å². The van der Waals surface area contributed by atoms with E-state index in [0.29, 0.717) is 18.7 Å². The average molecular weight is 343 g/mol. The number of carbonyl (C=O) groups is 1. The first-order chi connectivity index (χ1) is 12.0. The van der Waals surface area contributed by atoms with Crippen LogP contribution in [0, 0.1) is 19.7 Å². The van der Waals surface area contributed by atoms with Gasteiger partial charge in [-0.25, -0.2) is 4.39 Å². The molecule has 1 aliphatic rings. The molecule has 1 aliphatic heterocycles. The summed E-state index contributed by atoms with van der Waals surface area (Å²) in [6.45, 7) is 7.55. The Hall–Kier alpha value is -2.47. The summed E-state index contributed by atoms with van der Waals surface area (Å²) in [5, 5.41) is 3.98. The van der Waals surface area contributed by atoms with Gasteiger partial charge in [-0.1, -0.05) is 23.4 Å². The Labute approximate surface area is 146 Å². The van der Waals surface area contributed by atoms with E-state index in [0.717, 1.165) is 36.7 Å². The van der Waals surface area contributed by atoms with Crippen molar-refractivity contribution in [3.8, 4) is 0 Å². The zero-order valence-electron chi connectivity index (χ0n) is 14.5. The first-order valence-corrected chi connectivity index (χ1v) is 8.40. The van der Waals surface area contributed by atoms with Crippen molar-refractivity contribution in [2.75, 3.05) is 26.2 Å². The van der Waals surface area contributed by atoms with Gasteiger partial charge in [0.15, 0.2) is 0 Å². The number of halogens is 1. The van der Waals surface area contributed by atoms with Crippen LogP contribution in [0.3, 0.4) is 0 Å². The molecule has 2 heterocycles. The van der Waals surface area contributed by atoms with Crippen molar-refractivity contribution >= 4 is 12.0 Å². The fourth-order valence-corrected chi connectivity index (χ4v) is 2.95. The van der Waals surface area contributed by atoms with Gasteiger partial charge in [-0.05, 0) is 26.0 Å². The predicted molar refractivity (Wildman–Crippen MR) is 93.3 cm³/mol. The summed E-state index contributed by atoms with van der Waals surface area (Å²) >= 11 is 0. The lowest BCUT2D eigenvalue weighted by molar-refractivity contribution is -0.127. The molecule has 0 bridgehead atoms. The van der Waals surface area contributed by atoms with Crippen LogP contribution in [0.1, 0.15) is 22.6 Å². The van der Waals surface area contributed by atoms with Crippen molar-refractivity contribution in [1.82, 2.24) is 15.0 Å². The van der Waals surface area contributed by atoms with E-state index in [1.165, 1.54) is 18.2 Å². The van der Waals surface area contributed by atoms with Crippen molar-refractivity contribution in [2.24, 2.45) is 0 Å². The number of benzene rings is 1. The highest BCUT2D eigenvalue weighted by molar-refractivity contribution is 5.91. The zero-order valence-corrected chi connectivity index (χ0v) is 14.5. The first kappa shape index (κ1) is 17.4. The normalized spacial score (nSPS) is 15.9. The predicted octanol–water partition coefficient (Wildman–Crippen LogP) is 2.79. The highest BCUT2D eigenvalue weighted by Gasteiger charge is 2.21. The second kappa shape index (κ2) is 7.61. The fourth-order valence-electron chi connectivity index (χ4n) is 2.95. The molecule has 6 heteroatoms. The molecule has 0 spiro atoms. The minimum absolute atomic E-state index is 0.0831. The third-order valence-corrected chi connectivity index (χ3v) is 4.56. The minimum atomic E-state index is -0.323. The van der Waals surface area contributed by atoms with Gasteiger partial charge in [0.2, 0.25) is 5.91 Å². The number of piperazine rings is 1. The molecular formula is C19H22FN3O2. The number of aromatic nitrogens is 1. The molecule has 0 radical (unpaired) electrons. The Morgan fingerprint density at radius 1 is 1.24 bits per heavy atom. The molecule has 3 rings (SSSR count). The molecule has 1 fully saturated rings. The van der Waals surface area contributed by atoms with Gasteiger partial charge in [0.25, 0.3) is 0 Å². The maximum absolute atomic E-state index is 13.6. The van der Waals surface area contributed by atoms with Gasteiger partial charge in [0.05, 0.1) is 5.69 Å². The van der Waals surface area contributed by atoms with Crippen LogP contribution < -0.4 is 0 Å². The number of aryl methyl sites for hydroxylation is 2. The molecule has 132 valence electrons. The van der Waals surface area contributed by atoms with E-state index in [2.05, 4.69) is 10.1 Å². The second-order valence-electron chi connectivity index (χ2n) is 6.26. The molecule has 0 N–H and O–H groups in total. The average Bonchev–Trinajstić information content (AvgIpc) is 2.93. The molecule has 2 aromatic rings. The molecule has 5 nitrogen and oxygen atoms in total. The van der Waals surface area contributed by atoms with Crippen LogP contribution in [0.5, 0.6) is 0 Å². The maximum atomic E-state index is 13.6. The minimum Gasteiger partial charge on any atom is -0.361 e. The Bertz CT molecular complexity index is 757. The van der Waals surface area contributed by atoms with Crippen LogP contribution in [-0.2, 0) is 11.3 Å². The van der Waals surface area contributed by atoms with Gasteiger partial charge in [0, 0.05) is 49.9 Å². The number of hydrogen-bond acceptors (Lipinski definition) is 4. The Kier molecular flexibility index (Phi) is 5.28. The summed E-state index contributed by atoms with van der Waals surface area (Å²) in [6.07, 6.45) is 2.98. The van der Waals surface area contributed by atoms with Crippen molar-refractivity contribution in [1.29, 1.82) is 0 Å². The van der Waals surface area contributed by atoms with Crippen molar-refractivity contribution < 1.29 is 13.7 Å². The highest BCUT2D eigenvalue weighted by Crippen LogP contribution is 2.16. The van der Waals surface area contributed by atoms with E-state index in [9.17, 15) is 9.18 Å². The van der Waals surface area contributed by atoms with E-state index < -0.39 is 0 Å². The lowest BCUT2D eigenvalue weighted by Gasteiger charge is -2.34. The topological polar surface area (TPSA) is 49.6 Å². The summed E-state index contributed by atoms with van der Waals surface area (Å²) in [4.78, 5) is 16.4. The van der Waals surface area contributed by atoms with Gasteiger partial charge < -0.3 is 9.42 Å².